The van der Waals surface area contributed by atoms with E-state index in [0.717, 1.165) is 11.0 Å². The Morgan fingerprint density at radius 2 is 2.06 bits per heavy atom. The van der Waals surface area contributed by atoms with Crippen LogP contribution in [0.3, 0.4) is 0 Å². The fraction of sp³-hybridized carbons (Fsp3) is 0.250. The summed E-state index contributed by atoms with van der Waals surface area (Å²) in [4.78, 5) is 11.6. The molecule has 1 aromatic carbocycles. The molecule has 0 N–H and O–H groups in total. The van der Waals surface area contributed by atoms with Gasteiger partial charge < -0.3 is 9.15 Å². The number of hydrogen-bond donors (Lipinski definition) is 0. The lowest BCUT2D eigenvalue weighted by atomic mass is 10.1. The van der Waals surface area contributed by atoms with Crippen molar-refractivity contribution in [3.8, 4) is 0 Å². The molecular formula is C12H13ClO3. The predicted molar refractivity (Wildman–Crippen MR) is 64.0 cm³/mol. The highest BCUT2D eigenvalue weighted by atomic mass is 35.5. The highest BCUT2D eigenvalue weighted by molar-refractivity contribution is 5.94. The van der Waals surface area contributed by atoms with Gasteiger partial charge in [0, 0.05) is 5.39 Å². The van der Waals surface area contributed by atoms with Crippen LogP contribution in [0.4, 0.5) is 0 Å². The number of benzene rings is 1. The Kier molecular flexibility index (Phi) is 3.96. The molecule has 0 spiro atoms. The van der Waals surface area contributed by atoms with Crippen molar-refractivity contribution in [1.82, 2.24) is 0 Å². The molecule has 0 atom stereocenters. The molecule has 16 heavy (non-hydrogen) atoms. The third-order valence-corrected chi connectivity index (χ3v) is 2.03. The molecule has 86 valence electrons. The normalized spacial score (nSPS) is 10.2. The van der Waals surface area contributed by atoms with E-state index in [-0.39, 0.29) is 24.5 Å². The van der Waals surface area contributed by atoms with Gasteiger partial charge in [-0.3, -0.25) is 0 Å². The van der Waals surface area contributed by atoms with Crippen LogP contribution in [0.5, 0.6) is 0 Å². The van der Waals surface area contributed by atoms with E-state index in [2.05, 4.69) is 0 Å². The molecule has 0 amide bonds. The molecule has 0 aliphatic heterocycles. The number of halogens is 1. The molecule has 0 fully saturated rings. The zero-order valence-corrected chi connectivity index (χ0v) is 9.91. The lowest BCUT2D eigenvalue weighted by Gasteiger charge is -2.07. The summed E-state index contributed by atoms with van der Waals surface area (Å²) in [7, 11) is 0. The Bertz CT molecular complexity index is 488. The molecule has 2 rings (SSSR count). The Hall–Kier alpha value is -1.48. The van der Waals surface area contributed by atoms with Crippen LogP contribution in [-0.2, 0) is 4.74 Å². The smallest absolute Gasteiger partial charge is 0.338 e. The van der Waals surface area contributed by atoms with Crippen LogP contribution in [0, 0.1) is 0 Å². The molecule has 0 saturated heterocycles. The molecule has 0 aliphatic rings. The number of furan rings is 1. The highest BCUT2D eigenvalue weighted by Crippen LogP contribution is 2.17. The van der Waals surface area contributed by atoms with Gasteiger partial charge in [0.25, 0.3) is 0 Å². The minimum Gasteiger partial charge on any atom is -0.464 e. The Morgan fingerprint density at radius 1 is 1.31 bits per heavy atom. The maximum Gasteiger partial charge on any atom is 0.338 e. The first-order valence-corrected chi connectivity index (χ1v) is 4.85. The predicted octanol–water partition coefficient (Wildman–Crippen LogP) is 3.42. The number of ether oxygens (including phenoxy) is 1. The van der Waals surface area contributed by atoms with Crippen LogP contribution < -0.4 is 0 Å². The van der Waals surface area contributed by atoms with Crippen LogP contribution in [-0.4, -0.2) is 12.1 Å². The number of esters is 1. The molecule has 4 heteroatoms. The van der Waals surface area contributed by atoms with Crippen LogP contribution in [0.2, 0.25) is 0 Å². The van der Waals surface area contributed by atoms with E-state index in [1.165, 1.54) is 0 Å². The van der Waals surface area contributed by atoms with Gasteiger partial charge in [0.2, 0.25) is 0 Å². The Balaban J connectivity index is 0.00000128. The van der Waals surface area contributed by atoms with E-state index in [9.17, 15) is 4.79 Å². The van der Waals surface area contributed by atoms with E-state index in [1.54, 1.807) is 24.5 Å². The van der Waals surface area contributed by atoms with Crippen LogP contribution >= 0.6 is 12.4 Å². The first-order chi connectivity index (χ1) is 7.16. The molecule has 0 unspecified atom stereocenters. The maximum absolute atomic E-state index is 11.6. The van der Waals surface area contributed by atoms with Crippen molar-refractivity contribution in [2.24, 2.45) is 0 Å². The lowest BCUT2D eigenvalue weighted by molar-refractivity contribution is 0.0378. The zero-order chi connectivity index (χ0) is 10.8. The largest absolute Gasteiger partial charge is 0.464 e. The fourth-order valence-electron chi connectivity index (χ4n) is 1.38. The fourth-order valence-corrected chi connectivity index (χ4v) is 1.38. The molecule has 0 saturated carbocycles. The summed E-state index contributed by atoms with van der Waals surface area (Å²) >= 11 is 0. The number of fused-ring (bicyclic) bond motifs is 1. The molecule has 3 nitrogen and oxygen atoms in total. The Morgan fingerprint density at radius 3 is 2.75 bits per heavy atom. The quantitative estimate of drug-likeness (QED) is 0.755. The van der Waals surface area contributed by atoms with Crippen molar-refractivity contribution in [2.45, 2.75) is 20.0 Å². The van der Waals surface area contributed by atoms with Gasteiger partial charge in [0.05, 0.1) is 17.9 Å². The summed E-state index contributed by atoms with van der Waals surface area (Å²) in [5.41, 5.74) is 1.33. The number of carbonyl (C=O) groups excluding carboxylic acids is 1. The van der Waals surface area contributed by atoms with Crippen LogP contribution in [0.1, 0.15) is 24.2 Å². The molecule has 2 aromatic rings. The molecule has 0 bridgehead atoms. The van der Waals surface area contributed by atoms with E-state index in [1.807, 2.05) is 19.9 Å². The van der Waals surface area contributed by atoms with Crippen LogP contribution in [0.25, 0.3) is 11.0 Å². The minimum atomic E-state index is -0.298. The van der Waals surface area contributed by atoms with E-state index in [0.29, 0.717) is 5.56 Å². The van der Waals surface area contributed by atoms with E-state index < -0.39 is 0 Å². The van der Waals surface area contributed by atoms with Crippen molar-refractivity contribution >= 4 is 29.3 Å². The topological polar surface area (TPSA) is 39.4 Å². The maximum atomic E-state index is 11.6. The van der Waals surface area contributed by atoms with Gasteiger partial charge in [0.1, 0.15) is 5.58 Å². The monoisotopic (exact) mass is 240 g/mol. The standard InChI is InChI=1S/C12H12O3.ClH/c1-8(2)15-12(13)10-3-4-11-9(7-10)5-6-14-11;/h3-8H,1-2H3;1H. The van der Waals surface area contributed by atoms with Gasteiger partial charge in [-0.15, -0.1) is 12.4 Å². The second-order valence-electron chi connectivity index (χ2n) is 3.63. The summed E-state index contributed by atoms with van der Waals surface area (Å²) in [6, 6.07) is 7.06. The van der Waals surface area contributed by atoms with Crippen molar-refractivity contribution in [1.29, 1.82) is 0 Å². The van der Waals surface area contributed by atoms with Gasteiger partial charge >= 0.3 is 5.97 Å². The first kappa shape index (κ1) is 12.6. The van der Waals surface area contributed by atoms with Crippen LogP contribution in [0.15, 0.2) is 34.9 Å². The second kappa shape index (κ2) is 5.03. The third kappa shape index (κ3) is 2.55. The summed E-state index contributed by atoms with van der Waals surface area (Å²) in [6.07, 6.45) is 1.50. The minimum absolute atomic E-state index is 0. The number of rotatable bonds is 2. The summed E-state index contributed by atoms with van der Waals surface area (Å²) in [5.74, 6) is -0.298. The molecule has 1 aromatic heterocycles. The summed E-state index contributed by atoms with van der Waals surface area (Å²) in [6.45, 7) is 3.66. The number of hydrogen-bond acceptors (Lipinski definition) is 3. The third-order valence-electron chi connectivity index (χ3n) is 2.03. The SMILES string of the molecule is CC(C)OC(=O)c1ccc2occc2c1.Cl. The van der Waals surface area contributed by atoms with E-state index >= 15 is 0 Å². The lowest BCUT2D eigenvalue weighted by Crippen LogP contribution is -2.11. The molecular weight excluding hydrogens is 228 g/mol. The van der Waals surface area contributed by atoms with Crippen molar-refractivity contribution in [3.05, 3.63) is 36.1 Å². The first-order valence-electron chi connectivity index (χ1n) is 4.85. The molecule has 1 heterocycles. The van der Waals surface area contributed by atoms with Crippen molar-refractivity contribution in [3.63, 3.8) is 0 Å². The van der Waals surface area contributed by atoms with Gasteiger partial charge in [0.15, 0.2) is 0 Å². The van der Waals surface area contributed by atoms with Gasteiger partial charge in [-0.2, -0.15) is 0 Å². The van der Waals surface area contributed by atoms with Gasteiger partial charge in [-0.25, -0.2) is 4.79 Å². The van der Waals surface area contributed by atoms with Crippen molar-refractivity contribution < 1.29 is 13.9 Å². The molecule has 0 radical (unpaired) electrons. The average molecular weight is 241 g/mol. The van der Waals surface area contributed by atoms with Gasteiger partial charge in [-0.05, 0) is 38.1 Å². The highest BCUT2D eigenvalue weighted by Gasteiger charge is 2.10. The molecule has 0 aliphatic carbocycles. The Labute approximate surface area is 99.8 Å². The van der Waals surface area contributed by atoms with E-state index in [4.69, 9.17) is 9.15 Å². The summed E-state index contributed by atoms with van der Waals surface area (Å²) in [5, 5.41) is 0.910. The summed E-state index contributed by atoms with van der Waals surface area (Å²) < 4.78 is 10.3. The average Bonchev–Trinajstić information content (AvgIpc) is 2.62. The second-order valence-corrected chi connectivity index (χ2v) is 3.63. The van der Waals surface area contributed by atoms with Crippen molar-refractivity contribution in [2.75, 3.05) is 0 Å². The number of carbonyl (C=O) groups is 1. The van der Waals surface area contributed by atoms with Gasteiger partial charge in [-0.1, -0.05) is 0 Å². The zero-order valence-electron chi connectivity index (χ0n) is 9.10.